The van der Waals surface area contributed by atoms with Gasteiger partial charge in [0, 0.05) is 10.9 Å². The quantitative estimate of drug-likeness (QED) is 0.257. The first-order valence-corrected chi connectivity index (χ1v) is 11.1. The molecule has 0 saturated carbocycles. The van der Waals surface area contributed by atoms with Gasteiger partial charge in [0.1, 0.15) is 21.9 Å². The lowest BCUT2D eigenvalue weighted by atomic mass is 10.1. The standard InChI is InChI=1S/C22H13N3O4S2/c26-17(29-25-21(27)14-8-4-5-9-15(14)22(25)28)11-31-20-18-16(13-6-2-1-3-7-13)10-30-19(18)23-12-24-20/h1-10,12H,11H2. The van der Waals surface area contributed by atoms with Gasteiger partial charge in [-0.3, -0.25) is 9.59 Å². The summed E-state index contributed by atoms with van der Waals surface area (Å²) in [7, 11) is 0. The number of fused-ring (bicyclic) bond motifs is 2. The number of thiophene rings is 1. The lowest BCUT2D eigenvalue weighted by molar-refractivity contribution is -0.165. The summed E-state index contributed by atoms with van der Waals surface area (Å²) < 4.78 is 0. The van der Waals surface area contributed by atoms with E-state index in [1.54, 1.807) is 12.1 Å². The van der Waals surface area contributed by atoms with Crippen LogP contribution in [0.25, 0.3) is 21.3 Å². The molecule has 0 atom stereocenters. The highest BCUT2D eigenvalue weighted by molar-refractivity contribution is 8.00. The average Bonchev–Trinajstić information content (AvgIpc) is 3.34. The zero-order chi connectivity index (χ0) is 21.4. The second kappa shape index (κ2) is 7.93. The fraction of sp³-hybridized carbons (Fsp3) is 0.0455. The van der Waals surface area contributed by atoms with Crippen LogP contribution < -0.4 is 0 Å². The molecule has 0 bridgehead atoms. The number of amides is 2. The van der Waals surface area contributed by atoms with E-state index in [2.05, 4.69) is 9.97 Å². The molecule has 0 unspecified atom stereocenters. The Morgan fingerprint density at radius 3 is 2.32 bits per heavy atom. The highest BCUT2D eigenvalue weighted by Gasteiger charge is 2.38. The van der Waals surface area contributed by atoms with Crippen molar-refractivity contribution in [2.45, 2.75) is 5.03 Å². The largest absolute Gasteiger partial charge is 0.343 e. The Bertz CT molecular complexity index is 1300. The summed E-state index contributed by atoms with van der Waals surface area (Å²) in [5, 5.41) is 4.01. The molecule has 0 saturated heterocycles. The van der Waals surface area contributed by atoms with Crippen LogP contribution in [-0.4, -0.2) is 38.6 Å². The molecule has 9 heteroatoms. The zero-order valence-electron chi connectivity index (χ0n) is 15.8. The predicted octanol–water partition coefficient (Wildman–Crippen LogP) is 4.20. The normalized spacial score (nSPS) is 13.0. The van der Waals surface area contributed by atoms with Gasteiger partial charge in [-0.15, -0.1) is 11.3 Å². The molecule has 3 heterocycles. The van der Waals surface area contributed by atoms with Crippen LogP contribution in [0.1, 0.15) is 20.7 Å². The van der Waals surface area contributed by atoms with E-state index < -0.39 is 17.8 Å². The van der Waals surface area contributed by atoms with Gasteiger partial charge in [-0.05, 0) is 17.7 Å². The van der Waals surface area contributed by atoms with Crippen molar-refractivity contribution in [2.24, 2.45) is 0 Å². The minimum absolute atomic E-state index is 0.121. The molecule has 0 radical (unpaired) electrons. The molecule has 4 aromatic rings. The Hall–Kier alpha value is -3.56. The molecule has 2 amide bonds. The third kappa shape index (κ3) is 3.47. The van der Waals surface area contributed by atoms with Crippen LogP contribution in [0.2, 0.25) is 0 Å². The van der Waals surface area contributed by atoms with Crippen LogP contribution in [0.15, 0.2) is 71.3 Å². The van der Waals surface area contributed by atoms with E-state index >= 15 is 0 Å². The number of thioether (sulfide) groups is 1. The molecule has 31 heavy (non-hydrogen) atoms. The van der Waals surface area contributed by atoms with Gasteiger partial charge in [-0.1, -0.05) is 59.3 Å². The first kappa shape index (κ1) is 19.4. The van der Waals surface area contributed by atoms with E-state index in [1.165, 1.54) is 41.6 Å². The Labute approximate surface area is 184 Å². The number of nitrogens with zero attached hydrogens (tertiary/aromatic N) is 3. The molecule has 7 nitrogen and oxygen atoms in total. The maximum absolute atomic E-state index is 12.4. The summed E-state index contributed by atoms with van der Waals surface area (Å²) in [5.74, 6) is -2.13. The number of hydrogen-bond donors (Lipinski definition) is 0. The van der Waals surface area contributed by atoms with Gasteiger partial charge < -0.3 is 4.84 Å². The van der Waals surface area contributed by atoms with Crippen molar-refractivity contribution in [1.29, 1.82) is 0 Å². The third-order valence-electron chi connectivity index (χ3n) is 4.70. The Morgan fingerprint density at radius 1 is 0.935 bits per heavy atom. The number of rotatable bonds is 5. The average molecular weight is 447 g/mol. The van der Waals surface area contributed by atoms with Crippen LogP contribution in [0, 0.1) is 0 Å². The van der Waals surface area contributed by atoms with Crippen molar-refractivity contribution in [3.05, 3.63) is 77.4 Å². The van der Waals surface area contributed by atoms with Crippen molar-refractivity contribution in [3.8, 4) is 11.1 Å². The molecule has 0 aliphatic carbocycles. The molecule has 1 aliphatic heterocycles. The van der Waals surface area contributed by atoms with E-state index in [-0.39, 0.29) is 16.9 Å². The predicted molar refractivity (Wildman–Crippen MR) is 117 cm³/mol. The fourth-order valence-electron chi connectivity index (χ4n) is 3.29. The van der Waals surface area contributed by atoms with Crippen LogP contribution in [0.5, 0.6) is 0 Å². The molecular weight excluding hydrogens is 434 g/mol. The number of benzene rings is 2. The highest BCUT2D eigenvalue weighted by atomic mass is 32.2. The van der Waals surface area contributed by atoms with Gasteiger partial charge >= 0.3 is 5.97 Å². The van der Waals surface area contributed by atoms with Gasteiger partial charge in [0.15, 0.2) is 0 Å². The summed E-state index contributed by atoms with van der Waals surface area (Å²) in [6.07, 6.45) is 1.45. The fourth-order valence-corrected chi connectivity index (χ4v) is 5.05. The zero-order valence-corrected chi connectivity index (χ0v) is 17.5. The van der Waals surface area contributed by atoms with Crippen LogP contribution in [-0.2, 0) is 9.63 Å². The topological polar surface area (TPSA) is 89.5 Å². The number of carbonyl (C=O) groups is 3. The van der Waals surface area contributed by atoms with Gasteiger partial charge in [0.25, 0.3) is 11.8 Å². The summed E-state index contributed by atoms with van der Waals surface area (Å²) in [4.78, 5) is 51.7. The van der Waals surface area contributed by atoms with Crippen LogP contribution >= 0.6 is 23.1 Å². The Balaban J connectivity index is 1.34. The van der Waals surface area contributed by atoms with E-state index in [0.717, 1.165) is 21.3 Å². The van der Waals surface area contributed by atoms with E-state index in [0.29, 0.717) is 10.1 Å². The first-order chi connectivity index (χ1) is 15.1. The number of imide groups is 1. The van der Waals surface area contributed by atoms with Crippen molar-refractivity contribution in [3.63, 3.8) is 0 Å². The number of hydroxylamine groups is 2. The van der Waals surface area contributed by atoms with Crippen molar-refractivity contribution >= 4 is 51.1 Å². The number of aromatic nitrogens is 2. The molecule has 5 rings (SSSR count). The van der Waals surface area contributed by atoms with Crippen molar-refractivity contribution < 1.29 is 19.2 Å². The molecule has 1 aliphatic rings. The maximum Gasteiger partial charge on any atom is 0.343 e. The van der Waals surface area contributed by atoms with E-state index in [1.807, 2.05) is 35.7 Å². The van der Waals surface area contributed by atoms with Gasteiger partial charge in [0.05, 0.1) is 16.5 Å². The van der Waals surface area contributed by atoms with Gasteiger partial charge in [-0.25, -0.2) is 14.8 Å². The molecule has 2 aromatic heterocycles. The summed E-state index contributed by atoms with van der Waals surface area (Å²) in [6, 6.07) is 16.2. The van der Waals surface area contributed by atoms with Crippen molar-refractivity contribution in [2.75, 3.05) is 5.75 Å². The lowest BCUT2D eigenvalue weighted by Crippen LogP contribution is -2.33. The van der Waals surface area contributed by atoms with Crippen LogP contribution in [0.4, 0.5) is 0 Å². The minimum Gasteiger partial charge on any atom is -0.329 e. The van der Waals surface area contributed by atoms with Crippen LogP contribution in [0.3, 0.4) is 0 Å². The number of carbonyl (C=O) groups excluding carboxylic acids is 3. The molecule has 0 N–H and O–H groups in total. The first-order valence-electron chi connectivity index (χ1n) is 9.22. The molecule has 0 fully saturated rings. The molecule has 152 valence electrons. The monoisotopic (exact) mass is 447 g/mol. The Morgan fingerprint density at radius 2 is 1.61 bits per heavy atom. The smallest absolute Gasteiger partial charge is 0.329 e. The second-order valence-corrected chi connectivity index (χ2v) is 8.40. The molecular formula is C22H13N3O4S2. The highest BCUT2D eigenvalue weighted by Crippen LogP contribution is 2.37. The van der Waals surface area contributed by atoms with Gasteiger partial charge in [0.2, 0.25) is 0 Å². The number of hydrogen-bond acceptors (Lipinski definition) is 8. The molecule has 0 spiro atoms. The SMILES string of the molecule is O=C(CSc1ncnc2scc(-c3ccccc3)c12)ON1C(=O)c2ccccc2C1=O. The second-order valence-electron chi connectivity index (χ2n) is 6.58. The lowest BCUT2D eigenvalue weighted by Gasteiger charge is -2.12. The third-order valence-corrected chi connectivity index (χ3v) is 6.55. The van der Waals surface area contributed by atoms with E-state index in [9.17, 15) is 14.4 Å². The minimum atomic E-state index is -0.720. The summed E-state index contributed by atoms with van der Waals surface area (Å²) >= 11 is 2.67. The summed E-state index contributed by atoms with van der Waals surface area (Å²) in [6.45, 7) is 0. The maximum atomic E-state index is 12.4. The Kier molecular flexibility index (Phi) is 4.97. The summed E-state index contributed by atoms with van der Waals surface area (Å²) in [5.41, 5.74) is 2.45. The van der Waals surface area contributed by atoms with E-state index in [4.69, 9.17) is 4.84 Å². The van der Waals surface area contributed by atoms with Gasteiger partial charge in [-0.2, -0.15) is 0 Å². The molecule has 2 aromatic carbocycles. The van der Waals surface area contributed by atoms with Crippen molar-refractivity contribution in [1.82, 2.24) is 15.0 Å².